The van der Waals surface area contributed by atoms with Gasteiger partial charge in [0.15, 0.2) is 0 Å². The number of rotatable bonds is 2. The van der Waals surface area contributed by atoms with E-state index in [-0.39, 0.29) is 5.91 Å². The molecule has 2 aliphatic rings. The first-order chi connectivity index (χ1) is 9.24. The van der Waals surface area contributed by atoms with Crippen molar-refractivity contribution in [1.29, 1.82) is 0 Å². The maximum Gasteiger partial charge on any atom is 0.281 e. The fraction of sp³-hybridized carbons (Fsp3) is 0.600. The Bertz CT molecular complexity index is 497. The maximum absolute atomic E-state index is 12.1. The van der Waals surface area contributed by atoms with E-state index in [0.29, 0.717) is 5.92 Å². The molecule has 0 radical (unpaired) electrons. The van der Waals surface area contributed by atoms with Gasteiger partial charge in [-0.1, -0.05) is 13.3 Å². The van der Waals surface area contributed by atoms with Gasteiger partial charge in [0.25, 0.3) is 5.91 Å². The van der Waals surface area contributed by atoms with Gasteiger partial charge in [-0.15, -0.1) is 11.3 Å². The van der Waals surface area contributed by atoms with Crippen LogP contribution in [0.5, 0.6) is 0 Å². The van der Waals surface area contributed by atoms with Crippen molar-refractivity contribution in [3.05, 3.63) is 21.4 Å². The Kier molecular flexibility index (Phi) is 3.69. The Morgan fingerprint density at radius 2 is 2.21 bits per heavy atom. The molecule has 19 heavy (non-hydrogen) atoms. The van der Waals surface area contributed by atoms with Gasteiger partial charge < -0.3 is 0 Å². The number of aryl methyl sites for hydroxylation is 2. The molecule has 1 amide bonds. The van der Waals surface area contributed by atoms with E-state index in [0.717, 1.165) is 29.9 Å². The van der Waals surface area contributed by atoms with Gasteiger partial charge in [-0.3, -0.25) is 4.79 Å². The molecule has 1 aromatic rings. The summed E-state index contributed by atoms with van der Waals surface area (Å²) in [6, 6.07) is 2.05. The second-order valence-corrected chi connectivity index (χ2v) is 6.74. The SMILES string of the molecule is C[C@H]1CCCCC1=NNC(=O)c1cc2c(s1)CCC2. The largest absolute Gasteiger partial charge is 0.281 e. The molecule has 1 atom stereocenters. The fourth-order valence-electron chi connectivity index (χ4n) is 2.95. The van der Waals surface area contributed by atoms with Gasteiger partial charge >= 0.3 is 0 Å². The van der Waals surface area contributed by atoms with E-state index in [9.17, 15) is 4.79 Å². The van der Waals surface area contributed by atoms with Crippen LogP contribution in [0.2, 0.25) is 0 Å². The number of nitrogens with zero attached hydrogens (tertiary/aromatic N) is 1. The maximum atomic E-state index is 12.1. The number of nitrogens with one attached hydrogen (secondary N) is 1. The molecule has 1 aromatic heterocycles. The quantitative estimate of drug-likeness (QED) is 0.825. The van der Waals surface area contributed by atoms with E-state index < -0.39 is 0 Å². The first-order valence-electron chi connectivity index (χ1n) is 7.22. The fourth-order valence-corrected chi connectivity index (χ4v) is 4.10. The summed E-state index contributed by atoms with van der Waals surface area (Å²) in [5, 5.41) is 4.35. The lowest BCUT2D eigenvalue weighted by atomic mass is 9.89. The molecule has 102 valence electrons. The summed E-state index contributed by atoms with van der Waals surface area (Å²) in [6.45, 7) is 2.20. The average Bonchev–Trinajstić information content (AvgIpc) is 2.98. The Labute approximate surface area is 118 Å². The molecular formula is C15H20N2OS. The van der Waals surface area contributed by atoms with Crippen LogP contribution in [-0.4, -0.2) is 11.6 Å². The summed E-state index contributed by atoms with van der Waals surface area (Å²) in [5.74, 6) is 0.479. The summed E-state index contributed by atoms with van der Waals surface area (Å²) in [5.41, 5.74) is 5.27. The predicted octanol–water partition coefficient (Wildman–Crippen LogP) is 3.53. The van der Waals surface area contributed by atoms with Crippen LogP contribution in [0.15, 0.2) is 11.2 Å². The van der Waals surface area contributed by atoms with Crippen molar-refractivity contribution in [1.82, 2.24) is 5.43 Å². The van der Waals surface area contributed by atoms with Crippen LogP contribution in [0.1, 0.15) is 59.1 Å². The second-order valence-electron chi connectivity index (χ2n) is 5.60. The van der Waals surface area contributed by atoms with Crippen LogP contribution in [0, 0.1) is 5.92 Å². The van der Waals surface area contributed by atoms with Gasteiger partial charge in [-0.2, -0.15) is 5.10 Å². The highest BCUT2D eigenvalue weighted by Gasteiger charge is 2.19. The number of fused-ring (bicyclic) bond motifs is 1. The Hall–Kier alpha value is -1.16. The lowest BCUT2D eigenvalue weighted by Gasteiger charge is -2.19. The van der Waals surface area contributed by atoms with Crippen LogP contribution >= 0.6 is 11.3 Å². The van der Waals surface area contributed by atoms with Crippen LogP contribution < -0.4 is 5.43 Å². The zero-order valence-electron chi connectivity index (χ0n) is 11.4. The first-order valence-corrected chi connectivity index (χ1v) is 8.04. The van der Waals surface area contributed by atoms with Crippen LogP contribution in [-0.2, 0) is 12.8 Å². The Morgan fingerprint density at radius 3 is 3.00 bits per heavy atom. The molecule has 1 N–H and O–H groups in total. The number of amides is 1. The summed E-state index contributed by atoms with van der Waals surface area (Å²) < 4.78 is 0. The van der Waals surface area contributed by atoms with Crippen molar-refractivity contribution < 1.29 is 4.79 Å². The van der Waals surface area contributed by atoms with E-state index >= 15 is 0 Å². The summed E-state index contributed by atoms with van der Waals surface area (Å²) in [4.78, 5) is 14.3. The molecule has 1 fully saturated rings. The zero-order valence-corrected chi connectivity index (χ0v) is 12.2. The zero-order chi connectivity index (χ0) is 13.2. The minimum atomic E-state index is -0.0373. The number of carbonyl (C=O) groups excluding carboxylic acids is 1. The molecule has 0 spiro atoms. The normalized spacial score (nSPS) is 24.5. The van der Waals surface area contributed by atoms with E-state index in [1.165, 1.54) is 36.1 Å². The van der Waals surface area contributed by atoms with E-state index in [1.807, 2.05) is 6.07 Å². The summed E-state index contributed by atoms with van der Waals surface area (Å²) in [6.07, 6.45) is 8.22. The highest BCUT2D eigenvalue weighted by atomic mass is 32.1. The van der Waals surface area contributed by atoms with Gasteiger partial charge in [0.1, 0.15) is 0 Å². The minimum Gasteiger partial charge on any atom is -0.266 e. The van der Waals surface area contributed by atoms with Crippen molar-refractivity contribution in [2.75, 3.05) is 0 Å². The topological polar surface area (TPSA) is 41.5 Å². The van der Waals surface area contributed by atoms with E-state index in [4.69, 9.17) is 0 Å². The lowest BCUT2D eigenvalue weighted by molar-refractivity contribution is 0.0958. The van der Waals surface area contributed by atoms with Gasteiger partial charge in [0, 0.05) is 10.6 Å². The molecule has 0 aliphatic heterocycles. The molecule has 0 unspecified atom stereocenters. The van der Waals surface area contributed by atoms with E-state index in [1.54, 1.807) is 11.3 Å². The number of thiophene rings is 1. The lowest BCUT2D eigenvalue weighted by Crippen LogP contribution is -2.23. The number of hydrazone groups is 1. The van der Waals surface area contributed by atoms with Crippen molar-refractivity contribution in [3.8, 4) is 0 Å². The molecule has 2 aliphatic carbocycles. The van der Waals surface area contributed by atoms with Crippen molar-refractivity contribution >= 4 is 23.0 Å². The van der Waals surface area contributed by atoms with Crippen LogP contribution in [0.25, 0.3) is 0 Å². The average molecular weight is 276 g/mol. The highest BCUT2D eigenvalue weighted by Crippen LogP contribution is 2.30. The molecule has 1 heterocycles. The summed E-state index contributed by atoms with van der Waals surface area (Å²) in [7, 11) is 0. The minimum absolute atomic E-state index is 0.0373. The molecule has 4 heteroatoms. The van der Waals surface area contributed by atoms with Gasteiger partial charge in [-0.25, -0.2) is 5.43 Å². The molecule has 1 saturated carbocycles. The molecule has 0 aromatic carbocycles. The molecule has 0 bridgehead atoms. The third-order valence-electron chi connectivity index (χ3n) is 4.16. The van der Waals surface area contributed by atoms with Gasteiger partial charge in [0.2, 0.25) is 0 Å². The molecular weight excluding hydrogens is 256 g/mol. The predicted molar refractivity (Wildman–Crippen MR) is 78.9 cm³/mol. The van der Waals surface area contributed by atoms with Crippen molar-refractivity contribution in [3.63, 3.8) is 0 Å². The number of carbonyl (C=O) groups is 1. The second kappa shape index (κ2) is 5.45. The van der Waals surface area contributed by atoms with Crippen molar-refractivity contribution in [2.45, 2.75) is 51.9 Å². The Balaban J connectivity index is 1.65. The van der Waals surface area contributed by atoms with Gasteiger partial charge in [0.05, 0.1) is 4.88 Å². The molecule has 3 rings (SSSR count). The number of hydrogen-bond acceptors (Lipinski definition) is 3. The standard InChI is InChI=1S/C15H20N2OS/c1-10-5-2-3-7-12(10)16-17-15(18)14-9-11-6-4-8-13(11)19-14/h9-10H,2-8H2,1H3,(H,17,18)/t10-/m0/s1. The van der Waals surface area contributed by atoms with Crippen LogP contribution in [0.4, 0.5) is 0 Å². The monoisotopic (exact) mass is 276 g/mol. The van der Waals surface area contributed by atoms with Crippen molar-refractivity contribution in [2.24, 2.45) is 11.0 Å². The third-order valence-corrected chi connectivity index (χ3v) is 5.40. The third kappa shape index (κ3) is 2.73. The molecule has 3 nitrogen and oxygen atoms in total. The number of hydrogen-bond donors (Lipinski definition) is 1. The smallest absolute Gasteiger partial charge is 0.266 e. The Morgan fingerprint density at radius 1 is 1.32 bits per heavy atom. The first kappa shape index (κ1) is 12.9. The van der Waals surface area contributed by atoms with Crippen LogP contribution in [0.3, 0.4) is 0 Å². The molecule has 0 saturated heterocycles. The van der Waals surface area contributed by atoms with Gasteiger partial charge in [-0.05, 0) is 56.1 Å². The van der Waals surface area contributed by atoms with E-state index in [2.05, 4.69) is 17.5 Å². The summed E-state index contributed by atoms with van der Waals surface area (Å²) >= 11 is 1.64. The highest BCUT2D eigenvalue weighted by molar-refractivity contribution is 7.14.